The van der Waals surface area contributed by atoms with Crippen LogP contribution in [0.25, 0.3) is 0 Å². The van der Waals surface area contributed by atoms with E-state index < -0.39 is 5.97 Å². The molecule has 0 fully saturated rings. The number of methoxy groups -OCH3 is 1. The maximum absolute atomic E-state index is 12.2. The van der Waals surface area contributed by atoms with Crippen LogP contribution in [-0.4, -0.2) is 42.6 Å². The highest BCUT2D eigenvalue weighted by Gasteiger charge is 2.20. The summed E-state index contributed by atoms with van der Waals surface area (Å²) in [4.78, 5) is 25.5. The first-order chi connectivity index (χ1) is 10.3. The molecule has 0 aliphatic carbocycles. The molecule has 0 heterocycles. The number of nitrogens with zero attached hydrogens (tertiary/aromatic N) is 1. The fourth-order valence-corrected chi connectivity index (χ4v) is 2.74. The average Bonchev–Trinajstić information content (AvgIpc) is 2.44. The largest absolute Gasteiger partial charge is 0.483 e. The second-order valence-corrected chi connectivity index (χ2v) is 6.27. The van der Waals surface area contributed by atoms with Crippen molar-refractivity contribution in [2.75, 3.05) is 13.7 Å². The number of amides is 1. The van der Waals surface area contributed by atoms with Crippen LogP contribution in [0.2, 0.25) is 0 Å². The standard InChI is InChI=1S/C16H22BrNO4/c1-10(2)18(11(3)4)15(19)9-22-14-7-6-12(8-13(14)17)16(20)21-5/h6-8,10-11H,9H2,1-5H3. The maximum Gasteiger partial charge on any atom is 0.337 e. The van der Waals surface area contributed by atoms with Crippen LogP contribution in [0.1, 0.15) is 38.1 Å². The van der Waals surface area contributed by atoms with Gasteiger partial charge in [0.25, 0.3) is 5.91 Å². The summed E-state index contributed by atoms with van der Waals surface area (Å²) in [5.41, 5.74) is 0.416. The highest BCUT2D eigenvalue weighted by Crippen LogP contribution is 2.26. The summed E-state index contributed by atoms with van der Waals surface area (Å²) in [6, 6.07) is 5.06. The molecule has 0 atom stereocenters. The van der Waals surface area contributed by atoms with E-state index in [1.54, 1.807) is 23.1 Å². The number of hydrogen-bond acceptors (Lipinski definition) is 4. The lowest BCUT2D eigenvalue weighted by atomic mass is 10.2. The highest BCUT2D eigenvalue weighted by atomic mass is 79.9. The Balaban J connectivity index is 2.76. The summed E-state index contributed by atoms with van der Waals surface area (Å²) >= 11 is 3.33. The smallest absolute Gasteiger partial charge is 0.337 e. The normalized spacial score (nSPS) is 10.7. The van der Waals surface area contributed by atoms with Gasteiger partial charge in [0, 0.05) is 12.1 Å². The van der Waals surface area contributed by atoms with Gasteiger partial charge in [-0.05, 0) is 61.8 Å². The molecule has 1 aromatic carbocycles. The van der Waals surface area contributed by atoms with Gasteiger partial charge in [0.2, 0.25) is 0 Å². The Bertz CT molecular complexity index is 535. The number of carbonyl (C=O) groups is 2. The van der Waals surface area contributed by atoms with Crippen LogP contribution < -0.4 is 4.74 Å². The Kier molecular flexibility index (Phi) is 6.87. The first-order valence-electron chi connectivity index (χ1n) is 7.09. The van der Waals surface area contributed by atoms with Crippen LogP contribution >= 0.6 is 15.9 Å². The molecule has 0 spiro atoms. The van der Waals surface area contributed by atoms with Crippen molar-refractivity contribution in [3.63, 3.8) is 0 Å². The lowest BCUT2D eigenvalue weighted by Crippen LogP contribution is -2.44. The minimum absolute atomic E-state index is 0.0491. The Morgan fingerprint density at radius 1 is 1.18 bits per heavy atom. The summed E-state index contributed by atoms with van der Waals surface area (Å²) < 4.78 is 10.8. The SMILES string of the molecule is COC(=O)c1ccc(OCC(=O)N(C(C)C)C(C)C)c(Br)c1. The molecule has 1 aromatic rings. The zero-order valence-electron chi connectivity index (χ0n) is 13.6. The van der Waals surface area contributed by atoms with E-state index >= 15 is 0 Å². The van der Waals surface area contributed by atoms with E-state index in [0.29, 0.717) is 15.8 Å². The number of esters is 1. The molecule has 0 saturated carbocycles. The fourth-order valence-electron chi connectivity index (χ4n) is 2.25. The van der Waals surface area contributed by atoms with Crippen molar-refractivity contribution < 1.29 is 19.1 Å². The monoisotopic (exact) mass is 371 g/mol. The Morgan fingerprint density at radius 2 is 1.77 bits per heavy atom. The van der Waals surface area contributed by atoms with E-state index in [0.717, 1.165) is 0 Å². The molecule has 122 valence electrons. The molecule has 5 nitrogen and oxygen atoms in total. The second-order valence-electron chi connectivity index (χ2n) is 5.41. The van der Waals surface area contributed by atoms with E-state index in [1.807, 2.05) is 27.7 Å². The van der Waals surface area contributed by atoms with Crippen LogP contribution in [-0.2, 0) is 9.53 Å². The summed E-state index contributed by atoms with van der Waals surface area (Å²) in [5.74, 6) is 0.0107. The van der Waals surface area contributed by atoms with E-state index in [-0.39, 0.29) is 24.6 Å². The average molecular weight is 372 g/mol. The number of benzene rings is 1. The van der Waals surface area contributed by atoms with Gasteiger partial charge < -0.3 is 14.4 Å². The van der Waals surface area contributed by atoms with Crippen LogP contribution in [0.3, 0.4) is 0 Å². The second kappa shape index (κ2) is 8.17. The van der Waals surface area contributed by atoms with Crippen molar-refractivity contribution in [2.24, 2.45) is 0 Å². The first-order valence-corrected chi connectivity index (χ1v) is 7.89. The molecular weight excluding hydrogens is 350 g/mol. The molecule has 0 N–H and O–H groups in total. The van der Waals surface area contributed by atoms with Gasteiger partial charge in [0.1, 0.15) is 5.75 Å². The molecule has 0 aliphatic rings. The van der Waals surface area contributed by atoms with Gasteiger partial charge >= 0.3 is 5.97 Å². The quantitative estimate of drug-likeness (QED) is 0.720. The molecule has 1 rings (SSSR count). The van der Waals surface area contributed by atoms with Gasteiger partial charge in [-0.25, -0.2) is 4.79 Å². The Hall–Kier alpha value is -1.56. The number of hydrogen-bond donors (Lipinski definition) is 0. The molecule has 0 saturated heterocycles. The number of carbonyl (C=O) groups excluding carboxylic acids is 2. The van der Waals surface area contributed by atoms with Crippen LogP contribution in [0, 0.1) is 0 Å². The molecule has 0 bridgehead atoms. The summed E-state index contributed by atoms with van der Waals surface area (Å²) in [7, 11) is 1.33. The molecule has 0 aromatic heterocycles. The molecule has 22 heavy (non-hydrogen) atoms. The van der Waals surface area contributed by atoms with Crippen molar-refractivity contribution in [2.45, 2.75) is 39.8 Å². The van der Waals surface area contributed by atoms with Gasteiger partial charge in [-0.1, -0.05) is 0 Å². The minimum Gasteiger partial charge on any atom is -0.483 e. The van der Waals surface area contributed by atoms with Gasteiger partial charge in [0.05, 0.1) is 17.1 Å². The summed E-state index contributed by atoms with van der Waals surface area (Å²) in [6.07, 6.45) is 0. The van der Waals surface area contributed by atoms with E-state index in [4.69, 9.17) is 4.74 Å². The van der Waals surface area contributed by atoms with Crippen molar-refractivity contribution in [3.8, 4) is 5.75 Å². The van der Waals surface area contributed by atoms with Crippen molar-refractivity contribution in [1.29, 1.82) is 0 Å². The van der Waals surface area contributed by atoms with Crippen LogP contribution in [0.5, 0.6) is 5.75 Å². The van der Waals surface area contributed by atoms with Crippen LogP contribution in [0.15, 0.2) is 22.7 Å². The van der Waals surface area contributed by atoms with Gasteiger partial charge in [-0.3, -0.25) is 4.79 Å². The lowest BCUT2D eigenvalue weighted by molar-refractivity contribution is -0.137. The molecule has 6 heteroatoms. The fraction of sp³-hybridized carbons (Fsp3) is 0.500. The zero-order valence-corrected chi connectivity index (χ0v) is 15.1. The van der Waals surface area contributed by atoms with Gasteiger partial charge in [-0.2, -0.15) is 0 Å². The topological polar surface area (TPSA) is 55.8 Å². The predicted molar refractivity (Wildman–Crippen MR) is 88.1 cm³/mol. The first kappa shape index (κ1) is 18.5. The van der Waals surface area contributed by atoms with E-state index in [2.05, 4.69) is 20.7 Å². The Labute approximate surface area is 139 Å². The molecule has 0 aliphatic heterocycles. The zero-order chi connectivity index (χ0) is 16.9. The predicted octanol–water partition coefficient (Wildman–Crippen LogP) is 3.26. The molecular formula is C16H22BrNO4. The molecule has 0 radical (unpaired) electrons. The lowest BCUT2D eigenvalue weighted by Gasteiger charge is -2.30. The number of halogens is 1. The van der Waals surface area contributed by atoms with Gasteiger partial charge in [-0.15, -0.1) is 0 Å². The third-order valence-electron chi connectivity index (χ3n) is 3.10. The number of ether oxygens (including phenoxy) is 2. The van der Waals surface area contributed by atoms with Crippen molar-refractivity contribution in [3.05, 3.63) is 28.2 Å². The molecule has 0 unspecified atom stereocenters. The summed E-state index contributed by atoms with van der Waals surface area (Å²) in [5, 5.41) is 0. The van der Waals surface area contributed by atoms with E-state index in [9.17, 15) is 9.59 Å². The number of rotatable bonds is 6. The Morgan fingerprint density at radius 3 is 2.23 bits per heavy atom. The van der Waals surface area contributed by atoms with Crippen LogP contribution in [0.4, 0.5) is 0 Å². The summed E-state index contributed by atoms with van der Waals surface area (Å²) in [6.45, 7) is 7.84. The van der Waals surface area contributed by atoms with E-state index in [1.165, 1.54) is 7.11 Å². The van der Waals surface area contributed by atoms with Gasteiger partial charge in [0.15, 0.2) is 6.61 Å². The third-order valence-corrected chi connectivity index (χ3v) is 3.72. The third kappa shape index (κ3) is 4.73. The van der Waals surface area contributed by atoms with Crippen molar-refractivity contribution >= 4 is 27.8 Å². The molecule has 1 amide bonds. The highest BCUT2D eigenvalue weighted by molar-refractivity contribution is 9.10. The maximum atomic E-state index is 12.2. The van der Waals surface area contributed by atoms with Crippen molar-refractivity contribution in [1.82, 2.24) is 4.90 Å². The minimum atomic E-state index is -0.422.